The standard InChI is InChI=1S/C13H15NO5S2/c1-20-7-3-2-6-14-12(15)10-5-4-9(13(16)17)8-11(10)21(14,18)19/h4-5,8H,2-3,6-7H2,1H3,(H,16,17). The molecule has 1 aromatic rings. The van der Waals surface area contributed by atoms with Crippen molar-refractivity contribution in [2.75, 3.05) is 18.6 Å². The molecule has 1 aliphatic heterocycles. The molecule has 1 heterocycles. The molecule has 6 nitrogen and oxygen atoms in total. The Bertz CT molecular complexity index is 684. The minimum atomic E-state index is -3.93. The maximum absolute atomic E-state index is 12.3. The lowest BCUT2D eigenvalue weighted by molar-refractivity contribution is 0.0695. The lowest BCUT2D eigenvalue weighted by Crippen LogP contribution is -2.31. The largest absolute Gasteiger partial charge is 0.478 e. The van der Waals surface area contributed by atoms with Crippen LogP contribution in [0.5, 0.6) is 0 Å². The second-order valence-corrected chi connectivity index (χ2v) is 7.41. The lowest BCUT2D eigenvalue weighted by Gasteiger charge is -2.14. The van der Waals surface area contributed by atoms with Crippen LogP contribution in [-0.2, 0) is 10.0 Å². The Kier molecular flexibility index (Phi) is 4.58. The highest BCUT2D eigenvalue weighted by Crippen LogP contribution is 2.31. The van der Waals surface area contributed by atoms with E-state index in [1.54, 1.807) is 11.8 Å². The summed E-state index contributed by atoms with van der Waals surface area (Å²) in [6.07, 6.45) is 3.36. The van der Waals surface area contributed by atoms with Crippen LogP contribution >= 0.6 is 11.8 Å². The van der Waals surface area contributed by atoms with Gasteiger partial charge >= 0.3 is 5.97 Å². The summed E-state index contributed by atoms with van der Waals surface area (Å²) in [6, 6.07) is 3.55. The predicted octanol–water partition coefficient (Wildman–Crippen LogP) is 1.67. The zero-order valence-electron chi connectivity index (χ0n) is 11.4. The lowest BCUT2D eigenvalue weighted by atomic mass is 10.1. The number of nitrogens with zero attached hydrogens (tertiary/aromatic N) is 1. The molecule has 1 aromatic carbocycles. The molecule has 1 aliphatic rings. The van der Waals surface area contributed by atoms with Gasteiger partial charge in [-0.2, -0.15) is 11.8 Å². The van der Waals surface area contributed by atoms with Crippen molar-refractivity contribution >= 4 is 33.7 Å². The van der Waals surface area contributed by atoms with Crippen LogP contribution in [0.2, 0.25) is 0 Å². The molecule has 0 spiro atoms. The maximum atomic E-state index is 12.3. The van der Waals surface area contributed by atoms with E-state index < -0.39 is 21.9 Å². The van der Waals surface area contributed by atoms with Crippen molar-refractivity contribution in [1.82, 2.24) is 4.31 Å². The molecular formula is C13H15NO5S2. The number of rotatable bonds is 6. The van der Waals surface area contributed by atoms with Crippen LogP contribution in [0.1, 0.15) is 33.6 Å². The van der Waals surface area contributed by atoms with Gasteiger partial charge in [-0.3, -0.25) is 4.79 Å². The molecule has 21 heavy (non-hydrogen) atoms. The first-order valence-corrected chi connectivity index (χ1v) is 9.16. The zero-order chi connectivity index (χ0) is 15.6. The third kappa shape index (κ3) is 2.91. The average Bonchev–Trinajstić information content (AvgIpc) is 2.63. The van der Waals surface area contributed by atoms with Gasteiger partial charge < -0.3 is 5.11 Å². The smallest absolute Gasteiger partial charge is 0.335 e. The molecule has 0 bridgehead atoms. The minimum absolute atomic E-state index is 0.0462. The van der Waals surface area contributed by atoms with Gasteiger partial charge in [0.2, 0.25) is 0 Å². The Morgan fingerprint density at radius 2 is 2.05 bits per heavy atom. The van der Waals surface area contributed by atoms with Crippen LogP contribution in [0.4, 0.5) is 0 Å². The summed E-state index contributed by atoms with van der Waals surface area (Å²) in [5, 5.41) is 8.92. The Morgan fingerprint density at radius 1 is 1.33 bits per heavy atom. The average molecular weight is 329 g/mol. The molecule has 0 unspecified atom stereocenters. The third-order valence-electron chi connectivity index (χ3n) is 3.21. The van der Waals surface area contributed by atoms with E-state index in [1.807, 2.05) is 6.26 Å². The number of fused-ring (bicyclic) bond motifs is 1. The number of thioether (sulfide) groups is 1. The molecule has 0 saturated heterocycles. The third-order valence-corrected chi connectivity index (χ3v) is 5.73. The first-order chi connectivity index (χ1) is 9.89. The molecule has 0 saturated carbocycles. The first kappa shape index (κ1) is 15.8. The molecule has 2 rings (SSSR count). The van der Waals surface area contributed by atoms with Crippen LogP contribution in [0.25, 0.3) is 0 Å². The van der Waals surface area contributed by atoms with Crippen molar-refractivity contribution in [3.63, 3.8) is 0 Å². The second kappa shape index (κ2) is 6.07. The van der Waals surface area contributed by atoms with Crippen LogP contribution in [0, 0.1) is 0 Å². The van der Waals surface area contributed by atoms with Crippen molar-refractivity contribution in [1.29, 1.82) is 0 Å². The topological polar surface area (TPSA) is 91.8 Å². The number of benzene rings is 1. The minimum Gasteiger partial charge on any atom is -0.478 e. The zero-order valence-corrected chi connectivity index (χ0v) is 13.0. The van der Waals surface area contributed by atoms with Gasteiger partial charge in [-0.25, -0.2) is 17.5 Å². The van der Waals surface area contributed by atoms with E-state index in [0.717, 1.165) is 22.5 Å². The van der Waals surface area contributed by atoms with E-state index in [4.69, 9.17) is 5.11 Å². The van der Waals surface area contributed by atoms with Crippen molar-refractivity contribution < 1.29 is 23.1 Å². The monoisotopic (exact) mass is 329 g/mol. The van der Waals surface area contributed by atoms with Crippen LogP contribution < -0.4 is 0 Å². The number of carboxylic acid groups (broad SMARTS) is 1. The fourth-order valence-electron chi connectivity index (χ4n) is 2.13. The van der Waals surface area contributed by atoms with Gasteiger partial charge in [0, 0.05) is 6.54 Å². The number of aromatic carboxylic acids is 1. The molecule has 0 aliphatic carbocycles. The Morgan fingerprint density at radius 3 is 2.67 bits per heavy atom. The SMILES string of the molecule is CSCCCCN1C(=O)c2ccc(C(=O)O)cc2S1(=O)=O. The number of hydrogen-bond acceptors (Lipinski definition) is 5. The second-order valence-electron chi connectivity index (χ2n) is 4.60. The van der Waals surface area contributed by atoms with Gasteiger partial charge in [0.25, 0.3) is 15.9 Å². The molecule has 1 amide bonds. The number of carboxylic acids is 1. The van der Waals surface area contributed by atoms with Crippen molar-refractivity contribution in [3.05, 3.63) is 29.3 Å². The number of carbonyl (C=O) groups is 2. The number of amides is 1. The summed E-state index contributed by atoms with van der Waals surface area (Å²) in [6.45, 7) is 0.124. The number of sulfonamides is 1. The summed E-state index contributed by atoms with van der Waals surface area (Å²) in [4.78, 5) is 22.9. The normalized spacial score (nSPS) is 16.0. The molecular weight excluding hydrogens is 314 g/mol. The van der Waals surface area contributed by atoms with Crippen molar-refractivity contribution in [2.24, 2.45) is 0 Å². The number of hydrogen-bond donors (Lipinski definition) is 1. The number of unbranched alkanes of at least 4 members (excludes halogenated alkanes) is 1. The Balaban J connectivity index is 2.29. The van der Waals surface area contributed by atoms with Crippen LogP contribution in [0.15, 0.2) is 23.1 Å². The van der Waals surface area contributed by atoms with Gasteiger partial charge in [0.1, 0.15) is 4.90 Å². The van der Waals surface area contributed by atoms with E-state index in [0.29, 0.717) is 6.42 Å². The summed E-state index contributed by atoms with van der Waals surface area (Å²) in [5.74, 6) is -0.900. The van der Waals surface area contributed by atoms with E-state index in [2.05, 4.69) is 0 Å². The van der Waals surface area contributed by atoms with Crippen LogP contribution in [0.3, 0.4) is 0 Å². The van der Waals surface area contributed by atoms with E-state index >= 15 is 0 Å². The highest BCUT2D eigenvalue weighted by molar-refractivity contribution is 7.98. The molecule has 0 radical (unpaired) electrons. The summed E-state index contributed by atoms with van der Waals surface area (Å²) in [5.41, 5.74) is -0.0979. The number of carbonyl (C=O) groups excluding carboxylic acids is 1. The Labute approximate surface area is 127 Å². The molecule has 0 fully saturated rings. The van der Waals surface area contributed by atoms with Gasteiger partial charge in [0.15, 0.2) is 0 Å². The fourth-order valence-corrected chi connectivity index (χ4v) is 4.26. The van der Waals surface area contributed by atoms with E-state index in [-0.39, 0.29) is 22.6 Å². The predicted molar refractivity (Wildman–Crippen MR) is 79.2 cm³/mol. The van der Waals surface area contributed by atoms with Crippen LogP contribution in [-0.4, -0.2) is 48.3 Å². The fraction of sp³-hybridized carbons (Fsp3) is 0.385. The van der Waals surface area contributed by atoms with Gasteiger partial charge in [-0.05, 0) is 43.0 Å². The quantitative estimate of drug-likeness (QED) is 0.798. The summed E-state index contributed by atoms with van der Waals surface area (Å²) in [7, 11) is -3.93. The first-order valence-electron chi connectivity index (χ1n) is 6.33. The molecule has 0 atom stereocenters. The van der Waals surface area contributed by atoms with Crippen molar-refractivity contribution in [3.8, 4) is 0 Å². The molecule has 114 valence electrons. The summed E-state index contributed by atoms with van der Waals surface area (Å²) < 4.78 is 25.5. The van der Waals surface area contributed by atoms with Crippen molar-refractivity contribution in [2.45, 2.75) is 17.7 Å². The highest BCUT2D eigenvalue weighted by Gasteiger charge is 2.41. The van der Waals surface area contributed by atoms with Gasteiger partial charge in [0.05, 0.1) is 11.1 Å². The molecule has 1 N–H and O–H groups in total. The van der Waals surface area contributed by atoms with Gasteiger partial charge in [-0.15, -0.1) is 0 Å². The molecule has 8 heteroatoms. The Hall–Kier alpha value is -1.54. The van der Waals surface area contributed by atoms with E-state index in [1.165, 1.54) is 12.1 Å². The van der Waals surface area contributed by atoms with E-state index in [9.17, 15) is 18.0 Å². The summed E-state index contributed by atoms with van der Waals surface area (Å²) >= 11 is 1.66. The molecule has 0 aromatic heterocycles. The highest BCUT2D eigenvalue weighted by atomic mass is 32.2. The maximum Gasteiger partial charge on any atom is 0.335 e. The van der Waals surface area contributed by atoms with Gasteiger partial charge in [-0.1, -0.05) is 0 Å².